The lowest BCUT2D eigenvalue weighted by molar-refractivity contribution is -0.000763. The van der Waals surface area contributed by atoms with Crippen LogP contribution in [0.1, 0.15) is 0 Å². The highest BCUT2D eigenvalue weighted by Gasteiger charge is 2.18. The maximum Gasteiger partial charge on any atom is 0.119 e. The Balaban J connectivity index is 0.00000312. The summed E-state index contributed by atoms with van der Waals surface area (Å²) in [4.78, 5) is 4.47. The molecule has 2 N–H and O–H groups in total. The SMILES string of the molecule is Cl.OCCN1CCN(CC(O)COCCOc2ccc(Br)cc2)CC1. The van der Waals surface area contributed by atoms with Crippen molar-refractivity contribution in [3.8, 4) is 5.75 Å². The number of halogens is 2. The Bertz CT molecular complexity index is 458. The van der Waals surface area contributed by atoms with Gasteiger partial charge in [-0.2, -0.15) is 0 Å². The molecule has 1 heterocycles. The number of nitrogens with zero attached hydrogens (tertiary/aromatic N) is 2. The first-order valence-electron chi connectivity index (χ1n) is 8.37. The van der Waals surface area contributed by atoms with Gasteiger partial charge < -0.3 is 19.7 Å². The molecule has 1 fully saturated rings. The number of hydrogen-bond donors (Lipinski definition) is 2. The molecule has 144 valence electrons. The maximum atomic E-state index is 10.1. The van der Waals surface area contributed by atoms with Crippen LogP contribution in [0.5, 0.6) is 5.75 Å². The van der Waals surface area contributed by atoms with Crippen LogP contribution in [0.25, 0.3) is 0 Å². The van der Waals surface area contributed by atoms with E-state index in [1.54, 1.807) is 0 Å². The molecule has 1 aliphatic heterocycles. The molecule has 1 unspecified atom stereocenters. The number of rotatable bonds is 10. The van der Waals surface area contributed by atoms with E-state index in [4.69, 9.17) is 14.6 Å². The minimum absolute atomic E-state index is 0. The van der Waals surface area contributed by atoms with E-state index in [9.17, 15) is 5.11 Å². The molecule has 0 radical (unpaired) electrons. The van der Waals surface area contributed by atoms with Crippen LogP contribution in [0.2, 0.25) is 0 Å². The molecule has 1 atom stereocenters. The molecule has 1 saturated heterocycles. The molecule has 0 amide bonds. The molecular formula is C17H28BrClN2O4. The molecule has 6 nitrogen and oxygen atoms in total. The van der Waals surface area contributed by atoms with Gasteiger partial charge in [0.2, 0.25) is 0 Å². The van der Waals surface area contributed by atoms with Crippen LogP contribution < -0.4 is 4.74 Å². The Kier molecular flexibility index (Phi) is 11.6. The zero-order valence-corrected chi connectivity index (χ0v) is 16.8. The summed E-state index contributed by atoms with van der Waals surface area (Å²) in [5.74, 6) is 0.808. The average molecular weight is 440 g/mol. The highest BCUT2D eigenvalue weighted by Crippen LogP contribution is 2.15. The number of β-amino-alcohol motifs (C(OH)–C–C–N with tert-alkyl or cyclic N) is 2. The van der Waals surface area contributed by atoms with E-state index in [2.05, 4.69) is 25.7 Å². The van der Waals surface area contributed by atoms with E-state index in [-0.39, 0.29) is 19.0 Å². The minimum Gasteiger partial charge on any atom is -0.491 e. The molecule has 2 rings (SSSR count). The van der Waals surface area contributed by atoms with E-state index in [0.29, 0.717) is 26.4 Å². The van der Waals surface area contributed by atoms with E-state index < -0.39 is 6.10 Å². The molecule has 0 aromatic heterocycles. The van der Waals surface area contributed by atoms with Gasteiger partial charge >= 0.3 is 0 Å². The van der Waals surface area contributed by atoms with Crippen molar-refractivity contribution in [1.29, 1.82) is 0 Å². The van der Waals surface area contributed by atoms with Crippen LogP contribution >= 0.6 is 28.3 Å². The third-order valence-corrected chi connectivity index (χ3v) is 4.50. The predicted octanol–water partition coefficient (Wildman–Crippen LogP) is 1.24. The van der Waals surface area contributed by atoms with Crippen molar-refractivity contribution in [1.82, 2.24) is 9.80 Å². The second-order valence-corrected chi connectivity index (χ2v) is 6.81. The highest BCUT2D eigenvalue weighted by molar-refractivity contribution is 9.10. The van der Waals surface area contributed by atoms with E-state index in [1.807, 2.05) is 24.3 Å². The van der Waals surface area contributed by atoms with Crippen molar-refractivity contribution in [3.05, 3.63) is 28.7 Å². The lowest BCUT2D eigenvalue weighted by Gasteiger charge is -2.35. The molecule has 0 aliphatic carbocycles. The Morgan fingerprint density at radius 2 is 1.68 bits per heavy atom. The first-order valence-corrected chi connectivity index (χ1v) is 9.16. The zero-order valence-electron chi connectivity index (χ0n) is 14.3. The normalized spacial score (nSPS) is 17.1. The fraction of sp³-hybridized carbons (Fsp3) is 0.647. The summed E-state index contributed by atoms with van der Waals surface area (Å²) in [7, 11) is 0. The Hall–Kier alpha value is -0.410. The Morgan fingerprint density at radius 3 is 2.32 bits per heavy atom. The van der Waals surface area contributed by atoms with E-state index in [0.717, 1.165) is 42.9 Å². The molecule has 1 aromatic carbocycles. The summed E-state index contributed by atoms with van der Waals surface area (Å²) in [5.41, 5.74) is 0. The largest absolute Gasteiger partial charge is 0.491 e. The van der Waals surface area contributed by atoms with Crippen molar-refractivity contribution in [2.75, 3.05) is 65.7 Å². The second kappa shape index (κ2) is 12.9. The van der Waals surface area contributed by atoms with Gasteiger partial charge in [-0.05, 0) is 24.3 Å². The number of ether oxygens (including phenoxy) is 2. The lowest BCUT2D eigenvalue weighted by atomic mass is 10.2. The van der Waals surface area contributed by atoms with Gasteiger partial charge in [-0.15, -0.1) is 12.4 Å². The molecule has 0 saturated carbocycles. The standard InChI is InChI=1S/C17H27BrN2O4.ClH/c18-15-1-3-17(4-2-15)24-12-11-23-14-16(22)13-20-7-5-19(6-8-20)9-10-21;/h1-4,16,21-22H,5-14H2;1H. The zero-order chi connectivity index (χ0) is 17.2. The van der Waals surface area contributed by atoms with Crippen LogP contribution in [0.4, 0.5) is 0 Å². The summed E-state index contributed by atoms with van der Waals surface area (Å²) in [6.07, 6.45) is -0.484. The average Bonchev–Trinajstić information content (AvgIpc) is 2.58. The fourth-order valence-corrected chi connectivity index (χ4v) is 2.92. The van der Waals surface area contributed by atoms with Crippen LogP contribution in [0, 0.1) is 0 Å². The Morgan fingerprint density at radius 1 is 1.04 bits per heavy atom. The quantitative estimate of drug-likeness (QED) is 0.535. The third-order valence-electron chi connectivity index (χ3n) is 3.97. The van der Waals surface area contributed by atoms with Gasteiger partial charge in [0.15, 0.2) is 0 Å². The smallest absolute Gasteiger partial charge is 0.119 e. The van der Waals surface area contributed by atoms with E-state index in [1.165, 1.54) is 0 Å². The molecule has 0 bridgehead atoms. The summed E-state index contributed by atoms with van der Waals surface area (Å²) in [6, 6.07) is 7.66. The molecule has 8 heteroatoms. The fourth-order valence-electron chi connectivity index (χ4n) is 2.66. The summed E-state index contributed by atoms with van der Waals surface area (Å²) < 4.78 is 12.1. The summed E-state index contributed by atoms with van der Waals surface area (Å²) >= 11 is 3.38. The Labute approximate surface area is 164 Å². The van der Waals surface area contributed by atoms with Gasteiger partial charge in [0.1, 0.15) is 12.4 Å². The van der Waals surface area contributed by atoms with Crippen LogP contribution in [-0.4, -0.2) is 91.8 Å². The van der Waals surface area contributed by atoms with Gasteiger partial charge in [0.25, 0.3) is 0 Å². The molecular weight excluding hydrogens is 412 g/mol. The van der Waals surface area contributed by atoms with Crippen molar-refractivity contribution in [3.63, 3.8) is 0 Å². The topological polar surface area (TPSA) is 65.4 Å². The van der Waals surface area contributed by atoms with Gasteiger partial charge in [0.05, 0.1) is 25.9 Å². The molecule has 25 heavy (non-hydrogen) atoms. The van der Waals surface area contributed by atoms with E-state index >= 15 is 0 Å². The van der Waals surface area contributed by atoms with Crippen LogP contribution in [0.15, 0.2) is 28.7 Å². The maximum absolute atomic E-state index is 10.1. The number of piperazine rings is 1. The molecule has 1 aliphatic rings. The van der Waals surface area contributed by atoms with Crippen molar-refractivity contribution in [2.24, 2.45) is 0 Å². The number of benzene rings is 1. The predicted molar refractivity (Wildman–Crippen MR) is 104 cm³/mol. The summed E-state index contributed by atoms with van der Waals surface area (Å²) in [5, 5.41) is 19.0. The molecule has 0 spiro atoms. The molecule has 1 aromatic rings. The first-order chi connectivity index (χ1) is 11.7. The van der Waals surface area contributed by atoms with Crippen molar-refractivity contribution < 1.29 is 19.7 Å². The van der Waals surface area contributed by atoms with Gasteiger partial charge in [-0.1, -0.05) is 15.9 Å². The van der Waals surface area contributed by atoms with Crippen LogP contribution in [-0.2, 0) is 4.74 Å². The lowest BCUT2D eigenvalue weighted by Crippen LogP contribution is -2.49. The first kappa shape index (κ1) is 22.6. The monoisotopic (exact) mass is 438 g/mol. The van der Waals surface area contributed by atoms with Gasteiger partial charge in [-0.25, -0.2) is 0 Å². The third kappa shape index (κ3) is 9.19. The highest BCUT2D eigenvalue weighted by atomic mass is 79.9. The number of hydrogen-bond acceptors (Lipinski definition) is 6. The van der Waals surface area contributed by atoms with Crippen molar-refractivity contribution in [2.45, 2.75) is 6.10 Å². The van der Waals surface area contributed by atoms with Crippen molar-refractivity contribution >= 4 is 28.3 Å². The van der Waals surface area contributed by atoms with Gasteiger partial charge in [-0.3, -0.25) is 9.80 Å². The van der Waals surface area contributed by atoms with Crippen LogP contribution in [0.3, 0.4) is 0 Å². The summed E-state index contributed by atoms with van der Waals surface area (Å²) in [6.45, 7) is 6.53. The van der Waals surface area contributed by atoms with Gasteiger partial charge in [0, 0.05) is 43.7 Å². The second-order valence-electron chi connectivity index (χ2n) is 5.90. The number of aliphatic hydroxyl groups excluding tert-OH is 2. The number of aliphatic hydroxyl groups is 2. The minimum atomic E-state index is -0.484.